The molecule has 12 heavy (non-hydrogen) atoms. The second-order valence-corrected chi connectivity index (χ2v) is 5.47. The molecule has 1 nitrogen and oxygen atoms in total. The standard InChI is InChI=1S/C11H21N/c1-9(2)10(3)7-11(8-10)5-4-6-12-11/h9,12H,4-8H2,1-3H3. The minimum Gasteiger partial charge on any atom is -0.311 e. The van der Waals surface area contributed by atoms with E-state index in [0.717, 1.165) is 5.92 Å². The Morgan fingerprint density at radius 1 is 1.25 bits per heavy atom. The molecule has 1 saturated heterocycles. The normalized spacial score (nSPS) is 47.0. The van der Waals surface area contributed by atoms with Gasteiger partial charge in [0.15, 0.2) is 0 Å². The van der Waals surface area contributed by atoms with E-state index in [-0.39, 0.29) is 0 Å². The molecule has 1 heteroatoms. The Kier molecular flexibility index (Phi) is 1.76. The molecule has 1 heterocycles. The largest absolute Gasteiger partial charge is 0.311 e. The minimum absolute atomic E-state index is 0.582. The predicted molar refractivity (Wildman–Crippen MR) is 52.1 cm³/mol. The van der Waals surface area contributed by atoms with Gasteiger partial charge in [0, 0.05) is 5.54 Å². The van der Waals surface area contributed by atoms with Crippen molar-refractivity contribution >= 4 is 0 Å². The lowest BCUT2D eigenvalue weighted by Gasteiger charge is -2.56. The molecule has 1 saturated carbocycles. The van der Waals surface area contributed by atoms with Gasteiger partial charge in [-0.25, -0.2) is 0 Å². The van der Waals surface area contributed by atoms with Crippen molar-refractivity contribution in [3.8, 4) is 0 Å². The third-order valence-electron chi connectivity index (χ3n) is 4.21. The van der Waals surface area contributed by atoms with Crippen molar-refractivity contribution in [2.45, 2.75) is 52.0 Å². The third-order valence-corrected chi connectivity index (χ3v) is 4.21. The van der Waals surface area contributed by atoms with Crippen molar-refractivity contribution in [1.29, 1.82) is 0 Å². The summed E-state index contributed by atoms with van der Waals surface area (Å²) >= 11 is 0. The van der Waals surface area contributed by atoms with E-state index in [2.05, 4.69) is 26.1 Å². The fraction of sp³-hybridized carbons (Fsp3) is 1.00. The molecule has 0 aromatic carbocycles. The Hall–Kier alpha value is -0.0400. The molecule has 0 amide bonds. The molecule has 70 valence electrons. The average Bonchev–Trinajstić information content (AvgIpc) is 2.34. The van der Waals surface area contributed by atoms with Crippen molar-refractivity contribution in [2.24, 2.45) is 11.3 Å². The highest BCUT2D eigenvalue weighted by Crippen LogP contribution is 2.55. The van der Waals surface area contributed by atoms with Crippen LogP contribution in [0.3, 0.4) is 0 Å². The highest BCUT2D eigenvalue weighted by Gasteiger charge is 2.53. The molecule has 1 aliphatic heterocycles. The van der Waals surface area contributed by atoms with E-state index >= 15 is 0 Å². The highest BCUT2D eigenvalue weighted by atomic mass is 15.0. The van der Waals surface area contributed by atoms with Crippen LogP contribution in [0.25, 0.3) is 0 Å². The second kappa shape index (κ2) is 2.47. The van der Waals surface area contributed by atoms with Gasteiger partial charge in [-0.2, -0.15) is 0 Å². The van der Waals surface area contributed by atoms with Gasteiger partial charge in [0.1, 0.15) is 0 Å². The summed E-state index contributed by atoms with van der Waals surface area (Å²) in [5, 5.41) is 3.68. The van der Waals surface area contributed by atoms with Gasteiger partial charge in [-0.3, -0.25) is 0 Å². The zero-order chi connectivity index (χ0) is 8.82. The lowest BCUT2D eigenvalue weighted by atomic mass is 9.53. The van der Waals surface area contributed by atoms with E-state index < -0.39 is 0 Å². The Morgan fingerprint density at radius 3 is 2.33 bits per heavy atom. The second-order valence-electron chi connectivity index (χ2n) is 5.47. The molecule has 1 spiro atoms. The van der Waals surface area contributed by atoms with Crippen LogP contribution in [0.15, 0.2) is 0 Å². The Labute approximate surface area is 75.9 Å². The maximum absolute atomic E-state index is 3.68. The first kappa shape index (κ1) is 8.55. The fourth-order valence-electron chi connectivity index (χ4n) is 3.07. The smallest absolute Gasteiger partial charge is 0.0192 e. The van der Waals surface area contributed by atoms with E-state index in [1.165, 1.54) is 32.2 Å². The molecule has 2 aliphatic rings. The minimum atomic E-state index is 0.582. The molecule has 2 rings (SSSR count). The average molecular weight is 167 g/mol. The third kappa shape index (κ3) is 1.10. The molecule has 0 aromatic rings. The van der Waals surface area contributed by atoms with Crippen LogP contribution in [0, 0.1) is 11.3 Å². The maximum Gasteiger partial charge on any atom is 0.0192 e. The van der Waals surface area contributed by atoms with Gasteiger partial charge in [0.25, 0.3) is 0 Å². The fourth-order valence-corrected chi connectivity index (χ4v) is 3.07. The number of rotatable bonds is 1. The SMILES string of the molecule is CC(C)C1(C)CC2(CCCN2)C1. The molecule has 0 radical (unpaired) electrons. The molecular formula is C11H21N. The summed E-state index contributed by atoms with van der Waals surface area (Å²) < 4.78 is 0. The number of hydrogen-bond acceptors (Lipinski definition) is 1. The van der Waals surface area contributed by atoms with Crippen molar-refractivity contribution in [3.63, 3.8) is 0 Å². The Balaban J connectivity index is 1.97. The van der Waals surface area contributed by atoms with Gasteiger partial charge in [-0.1, -0.05) is 20.8 Å². The van der Waals surface area contributed by atoms with Crippen molar-refractivity contribution in [3.05, 3.63) is 0 Å². The Morgan fingerprint density at radius 2 is 1.92 bits per heavy atom. The van der Waals surface area contributed by atoms with E-state index in [4.69, 9.17) is 0 Å². The molecule has 1 N–H and O–H groups in total. The van der Waals surface area contributed by atoms with Crippen LogP contribution < -0.4 is 5.32 Å². The van der Waals surface area contributed by atoms with Crippen LogP contribution in [-0.4, -0.2) is 12.1 Å². The van der Waals surface area contributed by atoms with Gasteiger partial charge < -0.3 is 5.32 Å². The first-order valence-electron chi connectivity index (χ1n) is 5.31. The first-order valence-corrected chi connectivity index (χ1v) is 5.31. The van der Waals surface area contributed by atoms with Gasteiger partial charge >= 0.3 is 0 Å². The summed E-state index contributed by atoms with van der Waals surface area (Å²) in [7, 11) is 0. The van der Waals surface area contributed by atoms with Gasteiger partial charge in [-0.15, -0.1) is 0 Å². The molecule has 1 aliphatic carbocycles. The summed E-state index contributed by atoms with van der Waals surface area (Å²) in [4.78, 5) is 0. The van der Waals surface area contributed by atoms with E-state index in [1.54, 1.807) is 0 Å². The maximum atomic E-state index is 3.68. The van der Waals surface area contributed by atoms with Crippen molar-refractivity contribution in [2.75, 3.05) is 6.54 Å². The van der Waals surface area contributed by atoms with Crippen LogP contribution in [0.4, 0.5) is 0 Å². The monoisotopic (exact) mass is 167 g/mol. The molecule has 0 aromatic heterocycles. The Bertz CT molecular complexity index is 167. The van der Waals surface area contributed by atoms with Crippen LogP contribution in [0.2, 0.25) is 0 Å². The van der Waals surface area contributed by atoms with Crippen LogP contribution in [0.1, 0.15) is 46.5 Å². The predicted octanol–water partition coefficient (Wildman–Crippen LogP) is 2.56. The van der Waals surface area contributed by atoms with Crippen LogP contribution >= 0.6 is 0 Å². The number of hydrogen-bond donors (Lipinski definition) is 1. The van der Waals surface area contributed by atoms with Crippen molar-refractivity contribution < 1.29 is 0 Å². The summed E-state index contributed by atoms with van der Waals surface area (Å²) in [6, 6.07) is 0. The summed E-state index contributed by atoms with van der Waals surface area (Å²) in [5.41, 5.74) is 1.22. The topological polar surface area (TPSA) is 12.0 Å². The molecule has 2 fully saturated rings. The van der Waals surface area contributed by atoms with Crippen molar-refractivity contribution in [1.82, 2.24) is 5.32 Å². The first-order chi connectivity index (χ1) is 5.56. The summed E-state index contributed by atoms with van der Waals surface area (Å²) in [6.45, 7) is 8.43. The van der Waals surface area contributed by atoms with Gasteiger partial charge in [0.2, 0.25) is 0 Å². The zero-order valence-corrected chi connectivity index (χ0v) is 8.61. The quantitative estimate of drug-likeness (QED) is 0.633. The van der Waals surface area contributed by atoms with E-state index in [9.17, 15) is 0 Å². The highest BCUT2D eigenvalue weighted by molar-refractivity contribution is 5.10. The molecule has 0 bridgehead atoms. The molecule has 0 unspecified atom stereocenters. The van der Waals surface area contributed by atoms with E-state index in [0.29, 0.717) is 11.0 Å². The molecular weight excluding hydrogens is 146 g/mol. The van der Waals surface area contributed by atoms with Crippen LogP contribution in [-0.2, 0) is 0 Å². The summed E-state index contributed by atoms with van der Waals surface area (Å²) in [6.07, 6.45) is 5.65. The lowest BCUT2D eigenvalue weighted by molar-refractivity contribution is -0.0105. The van der Waals surface area contributed by atoms with E-state index in [1.807, 2.05) is 0 Å². The van der Waals surface area contributed by atoms with Crippen LogP contribution in [0.5, 0.6) is 0 Å². The molecule has 0 atom stereocenters. The van der Waals surface area contributed by atoms with Gasteiger partial charge in [0.05, 0.1) is 0 Å². The van der Waals surface area contributed by atoms with Gasteiger partial charge in [-0.05, 0) is 43.6 Å². The lowest BCUT2D eigenvalue weighted by Crippen LogP contribution is -2.58. The summed E-state index contributed by atoms with van der Waals surface area (Å²) in [5.74, 6) is 0.852. The zero-order valence-electron chi connectivity index (χ0n) is 8.61. The number of nitrogens with one attached hydrogen (secondary N) is 1.